The molecule has 3 N–H and O–H groups in total. The number of carbonyl (C=O) groups excluding carboxylic acids is 1. The number of hydrogen-bond donors (Lipinski definition) is 3. The van der Waals surface area contributed by atoms with Crippen molar-refractivity contribution in [2.75, 3.05) is 61.5 Å². The largest absolute Gasteiger partial charge is 0.382 e. The van der Waals surface area contributed by atoms with Gasteiger partial charge in [-0.1, -0.05) is 32.0 Å². The Morgan fingerprint density at radius 1 is 0.942 bits per heavy atom. The van der Waals surface area contributed by atoms with Crippen LogP contribution in [-0.4, -0.2) is 76.1 Å². The summed E-state index contributed by atoms with van der Waals surface area (Å²) in [6, 6.07) is 19.7. The first kappa shape index (κ1) is 36.2. The van der Waals surface area contributed by atoms with Crippen molar-refractivity contribution in [1.82, 2.24) is 9.62 Å². The van der Waals surface area contributed by atoms with Crippen molar-refractivity contribution in [2.45, 2.75) is 63.4 Å². The summed E-state index contributed by atoms with van der Waals surface area (Å²) in [5.41, 5.74) is 4.01. The van der Waals surface area contributed by atoms with Crippen LogP contribution < -0.4 is 20.3 Å². The fourth-order valence-corrected chi connectivity index (χ4v) is 9.63. The zero-order chi connectivity index (χ0) is 36.5. The van der Waals surface area contributed by atoms with E-state index in [1.54, 1.807) is 12.1 Å². The van der Waals surface area contributed by atoms with E-state index in [0.29, 0.717) is 37.1 Å². The van der Waals surface area contributed by atoms with Gasteiger partial charge in [-0.2, -0.15) is 0 Å². The topological polar surface area (TPSA) is 146 Å². The molecular weight excluding hydrogens is 681 g/mol. The van der Waals surface area contributed by atoms with Crippen LogP contribution in [0.15, 0.2) is 71.6 Å². The van der Waals surface area contributed by atoms with Crippen LogP contribution >= 0.6 is 0 Å². The predicted molar refractivity (Wildman–Crippen MR) is 202 cm³/mol. The van der Waals surface area contributed by atoms with Crippen molar-refractivity contribution in [3.05, 3.63) is 88.0 Å². The molecule has 3 saturated carbocycles. The number of anilines is 3. The average Bonchev–Trinajstić information content (AvgIpc) is 3.15. The van der Waals surface area contributed by atoms with Gasteiger partial charge in [-0.15, -0.1) is 0 Å². The number of benzene rings is 3. The Balaban J connectivity index is 0.920. The lowest BCUT2D eigenvalue weighted by Gasteiger charge is -2.60. The Morgan fingerprint density at radius 3 is 2.37 bits per heavy atom. The highest BCUT2D eigenvalue weighted by molar-refractivity contribution is 7.90. The van der Waals surface area contributed by atoms with E-state index in [2.05, 4.69) is 63.3 Å². The molecule has 2 aliphatic heterocycles. The maximum Gasteiger partial charge on any atom is 0.293 e. The number of para-hydroxylation sites is 1. The van der Waals surface area contributed by atoms with Gasteiger partial charge in [-0.25, -0.2) is 13.1 Å². The van der Waals surface area contributed by atoms with Crippen molar-refractivity contribution >= 4 is 38.7 Å². The van der Waals surface area contributed by atoms with Gasteiger partial charge in [0, 0.05) is 81.5 Å². The van der Waals surface area contributed by atoms with Crippen LogP contribution in [0.1, 0.15) is 61.9 Å². The smallest absolute Gasteiger partial charge is 0.293 e. The van der Waals surface area contributed by atoms with E-state index in [9.17, 15) is 23.3 Å². The molecule has 3 aromatic rings. The minimum absolute atomic E-state index is 0.179. The summed E-state index contributed by atoms with van der Waals surface area (Å²) in [5, 5.41) is 18.8. The number of piperazine rings is 1. The van der Waals surface area contributed by atoms with Crippen molar-refractivity contribution in [1.29, 1.82) is 0 Å². The number of hydrogen-bond acceptors (Lipinski definition) is 10. The molecule has 2 bridgehead atoms. The summed E-state index contributed by atoms with van der Waals surface area (Å²) in [5.74, 6) is 1.12. The second-order valence-electron chi connectivity index (χ2n) is 15.5. The fourth-order valence-electron chi connectivity index (χ4n) is 8.63. The lowest BCUT2D eigenvalue weighted by atomic mass is 9.47. The quantitative estimate of drug-likeness (QED) is 0.147. The SMILES string of the molecule is CC1(C)[C@H]2CCC(Nc3ccccc3CN3CCN(c4ccc(C(=O)NS(=O)(=O)c5ccc(NCC6CCOCC6)c([N+](=O)[O-])c5)cc4)CC3)[C@@H]1C2. The van der Waals surface area contributed by atoms with Gasteiger partial charge < -0.3 is 20.3 Å². The molecule has 3 atom stereocenters. The molecule has 8 rings (SSSR count). The Kier molecular flexibility index (Phi) is 10.5. The van der Waals surface area contributed by atoms with Crippen LogP contribution in [0.4, 0.5) is 22.7 Å². The molecule has 3 aliphatic carbocycles. The van der Waals surface area contributed by atoms with Crippen LogP contribution in [-0.2, 0) is 21.3 Å². The molecule has 0 aromatic heterocycles. The van der Waals surface area contributed by atoms with E-state index >= 15 is 0 Å². The van der Waals surface area contributed by atoms with Gasteiger partial charge >= 0.3 is 0 Å². The second kappa shape index (κ2) is 15.0. The molecule has 5 fully saturated rings. The predicted octanol–water partition coefficient (Wildman–Crippen LogP) is 6.11. The van der Waals surface area contributed by atoms with E-state index in [0.717, 1.165) is 69.2 Å². The Labute approximate surface area is 306 Å². The highest BCUT2D eigenvalue weighted by atomic mass is 32.2. The van der Waals surface area contributed by atoms with E-state index in [4.69, 9.17) is 4.74 Å². The van der Waals surface area contributed by atoms with E-state index < -0.39 is 20.9 Å². The minimum atomic E-state index is -4.36. The molecule has 1 amide bonds. The monoisotopic (exact) mass is 730 g/mol. The fraction of sp³-hybridized carbons (Fsp3) is 0.513. The van der Waals surface area contributed by atoms with Gasteiger partial charge in [0.1, 0.15) is 5.69 Å². The molecular formula is C39H50N6O6S. The number of fused-ring (bicyclic) bond motifs is 2. The van der Waals surface area contributed by atoms with Crippen LogP contribution in [0.25, 0.3) is 0 Å². The Morgan fingerprint density at radius 2 is 1.67 bits per heavy atom. The molecule has 52 heavy (non-hydrogen) atoms. The van der Waals surface area contributed by atoms with Crippen LogP contribution in [0, 0.1) is 33.3 Å². The number of carbonyl (C=O) groups is 1. The third-order valence-corrected chi connectivity index (χ3v) is 13.4. The van der Waals surface area contributed by atoms with Crippen molar-refractivity contribution < 1.29 is 22.9 Å². The molecule has 13 heteroatoms. The van der Waals surface area contributed by atoms with E-state index in [1.165, 1.54) is 42.6 Å². The Bertz CT molecular complexity index is 1870. The lowest BCUT2D eigenvalue weighted by molar-refractivity contribution is -0.384. The number of nitrogens with zero attached hydrogens (tertiary/aromatic N) is 3. The zero-order valence-electron chi connectivity index (χ0n) is 30.1. The molecule has 1 unspecified atom stereocenters. The molecule has 3 aromatic carbocycles. The maximum atomic E-state index is 13.1. The normalized spacial score (nSPS) is 23.3. The number of sulfonamides is 1. The average molecular weight is 731 g/mol. The molecule has 0 radical (unpaired) electrons. The molecule has 278 valence electrons. The number of ether oxygens (including phenoxy) is 1. The molecule has 2 saturated heterocycles. The van der Waals surface area contributed by atoms with E-state index in [-0.39, 0.29) is 21.8 Å². The number of nitro benzene ring substituents is 1. The first-order chi connectivity index (χ1) is 25.0. The number of nitro groups is 1. The number of amides is 1. The second-order valence-corrected chi connectivity index (χ2v) is 17.1. The highest BCUT2D eigenvalue weighted by Crippen LogP contribution is 2.59. The van der Waals surface area contributed by atoms with Gasteiger partial charge in [-0.3, -0.25) is 19.8 Å². The van der Waals surface area contributed by atoms with Crippen LogP contribution in [0.5, 0.6) is 0 Å². The summed E-state index contributed by atoms with van der Waals surface area (Å²) in [6.45, 7) is 11.0. The zero-order valence-corrected chi connectivity index (χ0v) is 30.9. The summed E-state index contributed by atoms with van der Waals surface area (Å²) in [4.78, 5) is 28.6. The van der Waals surface area contributed by atoms with Gasteiger partial charge in [0.2, 0.25) is 0 Å². The van der Waals surface area contributed by atoms with Gasteiger partial charge in [0.15, 0.2) is 0 Å². The van der Waals surface area contributed by atoms with Crippen molar-refractivity contribution in [3.8, 4) is 0 Å². The van der Waals surface area contributed by atoms with Gasteiger partial charge in [-0.05, 0) is 103 Å². The molecule has 0 spiro atoms. The highest BCUT2D eigenvalue weighted by Gasteiger charge is 2.54. The van der Waals surface area contributed by atoms with Gasteiger partial charge in [0.25, 0.3) is 21.6 Å². The molecule has 12 nitrogen and oxygen atoms in total. The van der Waals surface area contributed by atoms with Crippen molar-refractivity contribution in [3.63, 3.8) is 0 Å². The molecule has 5 aliphatic rings. The lowest BCUT2D eigenvalue weighted by Crippen LogP contribution is -2.56. The first-order valence-corrected chi connectivity index (χ1v) is 20.1. The summed E-state index contributed by atoms with van der Waals surface area (Å²) in [7, 11) is -4.36. The molecule has 2 heterocycles. The van der Waals surface area contributed by atoms with Gasteiger partial charge in [0.05, 0.1) is 9.82 Å². The minimum Gasteiger partial charge on any atom is -0.382 e. The van der Waals surface area contributed by atoms with Crippen LogP contribution in [0.3, 0.4) is 0 Å². The number of nitrogens with one attached hydrogen (secondary N) is 3. The third kappa shape index (κ3) is 7.77. The summed E-state index contributed by atoms with van der Waals surface area (Å²) >= 11 is 0. The number of rotatable bonds is 12. The van der Waals surface area contributed by atoms with Crippen molar-refractivity contribution in [2.24, 2.45) is 23.2 Å². The van der Waals surface area contributed by atoms with E-state index in [1.807, 2.05) is 12.1 Å². The Hall–Kier alpha value is -4.20. The third-order valence-electron chi connectivity index (χ3n) is 12.1. The summed E-state index contributed by atoms with van der Waals surface area (Å²) in [6.07, 6.45) is 5.61. The first-order valence-electron chi connectivity index (χ1n) is 18.6. The maximum absolute atomic E-state index is 13.1. The van der Waals surface area contributed by atoms with Crippen LogP contribution in [0.2, 0.25) is 0 Å². The summed E-state index contributed by atoms with van der Waals surface area (Å²) < 4.78 is 33.7. The standard InChI is InChI=1S/C39H50N6O6S/c1-39(2)30-9-13-35(33(39)23-30)41-34-6-4-3-5-29(34)26-43-17-19-44(20-18-43)31-10-7-28(8-11-31)38(46)42-52(49,50)32-12-14-36(37(24-32)45(47)48)40-25-27-15-21-51-22-16-27/h3-8,10-12,14,24,27,30,33,35,40-41H,9,13,15-23,25-26H2,1-2H3,(H,42,46)/t30-,33-,35?/m0/s1.